The third-order valence-corrected chi connectivity index (χ3v) is 6.31. The molecule has 2 unspecified atom stereocenters. The number of hydrogen-bond acceptors (Lipinski definition) is 3. The zero-order valence-electron chi connectivity index (χ0n) is 15.2. The van der Waals surface area contributed by atoms with Crippen molar-refractivity contribution >= 4 is 17.5 Å². The Balaban J connectivity index is 1.65. The van der Waals surface area contributed by atoms with Crippen molar-refractivity contribution in [3.63, 3.8) is 0 Å². The maximum Gasteiger partial charge on any atom is 0.238 e. The van der Waals surface area contributed by atoms with Crippen LogP contribution in [0.5, 0.6) is 5.75 Å². The summed E-state index contributed by atoms with van der Waals surface area (Å²) in [6.45, 7) is 4.56. The van der Waals surface area contributed by atoms with E-state index < -0.39 is 0 Å². The second-order valence-electron chi connectivity index (χ2n) is 8.15. The van der Waals surface area contributed by atoms with Crippen LogP contribution in [0.3, 0.4) is 0 Å². The molecule has 4 nitrogen and oxygen atoms in total. The summed E-state index contributed by atoms with van der Waals surface area (Å²) in [5.41, 5.74) is 3.70. The van der Waals surface area contributed by atoms with E-state index in [0.29, 0.717) is 5.69 Å². The molecule has 0 radical (unpaired) electrons. The number of imide groups is 1. The first-order chi connectivity index (χ1) is 11.9. The van der Waals surface area contributed by atoms with Crippen LogP contribution in [0, 0.1) is 17.3 Å². The van der Waals surface area contributed by atoms with E-state index in [2.05, 4.69) is 13.8 Å². The zero-order chi connectivity index (χ0) is 17.8. The Kier molecular flexibility index (Phi) is 3.75. The number of carbonyl (C=O) groups excluding carboxylic acids is 2. The third kappa shape index (κ3) is 2.50. The van der Waals surface area contributed by atoms with Crippen LogP contribution >= 0.6 is 0 Å². The predicted molar refractivity (Wildman–Crippen MR) is 96.4 cm³/mol. The number of nitrogens with zero attached hydrogens (tertiary/aromatic N) is 1. The maximum atomic E-state index is 13.0. The number of methoxy groups -OCH3 is 1. The van der Waals surface area contributed by atoms with Crippen molar-refractivity contribution in [2.45, 2.75) is 46.0 Å². The van der Waals surface area contributed by atoms with Gasteiger partial charge in [0.05, 0.1) is 24.6 Å². The van der Waals surface area contributed by atoms with Crippen LogP contribution in [0.15, 0.2) is 35.4 Å². The van der Waals surface area contributed by atoms with Gasteiger partial charge in [-0.1, -0.05) is 25.0 Å². The fourth-order valence-electron chi connectivity index (χ4n) is 4.88. The summed E-state index contributed by atoms with van der Waals surface area (Å²) < 4.78 is 5.17. The van der Waals surface area contributed by atoms with Crippen molar-refractivity contribution < 1.29 is 14.3 Å². The molecule has 1 fully saturated rings. The van der Waals surface area contributed by atoms with Crippen LogP contribution < -0.4 is 9.64 Å². The molecule has 4 heteroatoms. The molecule has 1 aromatic rings. The maximum absolute atomic E-state index is 13.0. The van der Waals surface area contributed by atoms with E-state index in [1.54, 1.807) is 31.4 Å². The van der Waals surface area contributed by atoms with Gasteiger partial charge in [-0.25, -0.2) is 0 Å². The predicted octanol–water partition coefficient (Wildman–Crippen LogP) is 4.10. The van der Waals surface area contributed by atoms with Crippen LogP contribution in [-0.4, -0.2) is 18.9 Å². The number of benzene rings is 1. The molecule has 0 N–H and O–H groups in total. The van der Waals surface area contributed by atoms with Crippen molar-refractivity contribution in [2.24, 2.45) is 17.3 Å². The summed E-state index contributed by atoms with van der Waals surface area (Å²) in [4.78, 5) is 27.4. The summed E-state index contributed by atoms with van der Waals surface area (Å²) in [5.74, 6) is 0.287. The van der Waals surface area contributed by atoms with E-state index in [0.717, 1.165) is 25.0 Å². The SMILES string of the molecule is COc1ccc(N2C(=O)C3CC4=C(CC3C2=O)C(C)(C)CCC4)cc1. The highest BCUT2D eigenvalue weighted by atomic mass is 16.5. The number of rotatable bonds is 2. The van der Waals surface area contributed by atoms with Gasteiger partial charge in [0.15, 0.2) is 0 Å². The molecule has 2 aliphatic carbocycles. The first-order valence-electron chi connectivity index (χ1n) is 9.15. The Morgan fingerprint density at radius 3 is 2.32 bits per heavy atom. The first-order valence-corrected chi connectivity index (χ1v) is 9.15. The van der Waals surface area contributed by atoms with Gasteiger partial charge in [-0.15, -0.1) is 0 Å². The van der Waals surface area contributed by atoms with Crippen molar-refractivity contribution in [3.8, 4) is 5.75 Å². The number of amides is 2. The number of anilines is 1. The number of allylic oxidation sites excluding steroid dienone is 2. The molecule has 132 valence electrons. The minimum atomic E-state index is -0.189. The molecule has 0 bridgehead atoms. The molecule has 4 rings (SSSR count). The van der Waals surface area contributed by atoms with Gasteiger partial charge >= 0.3 is 0 Å². The number of ether oxygens (including phenoxy) is 1. The summed E-state index contributed by atoms with van der Waals surface area (Å²) in [5, 5.41) is 0. The van der Waals surface area contributed by atoms with Gasteiger partial charge in [0, 0.05) is 0 Å². The molecule has 1 saturated heterocycles. The quantitative estimate of drug-likeness (QED) is 0.602. The number of fused-ring (bicyclic) bond motifs is 1. The minimum Gasteiger partial charge on any atom is -0.497 e. The third-order valence-electron chi connectivity index (χ3n) is 6.31. The molecule has 1 heterocycles. The van der Waals surface area contributed by atoms with Gasteiger partial charge in [0.2, 0.25) is 11.8 Å². The Labute approximate surface area is 148 Å². The van der Waals surface area contributed by atoms with Gasteiger partial charge in [-0.05, 0) is 61.8 Å². The van der Waals surface area contributed by atoms with Gasteiger partial charge in [0.25, 0.3) is 0 Å². The molecule has 1 aliphatic heterocycles. The Hall–Kier alpha value is -2.10. The summed E-state index contributed by atoms with van der Waals surface area (Å²) in [7, 11) is 1.60. The van der Waals surface area contributed by atoms with E-state index in [1.165, 1.54) is 28.9 Å². The number of hydrogen-bond donors (Lipinski definition) is 0. The lowest BCUT2D eigenvalue weighted by molar-refractivity contribution is -0.122. The van der Waals surface area contributed by atoms with Crippen LogP contribution in [0.1, 0.15) is 46.0 Å². The molecule has 2 amide bonds. The van der Waals surface area contributed by atoms with E-state index in [9.17, 15) is 9.59 Å². The summed E-state index contributed by atoms with van der Waals surface area (Å²) >= 11 is 0. The molecule has 25 heavy (non-hydrogen) atoms. The average molecular weight is 339 g/mol. The van der Waals surface area contributed by atoms with E-state index in [4.69, 9.17) is 4.74 Å². The zero-order valence-corrected chi connectivity index (χ0v) is 15.2. The highest BCUT2D eigenvalue weighted by Crippen LogP contribution is 2.52. The van der Waals surface area contributed by atoms with Crippen molar-refractivity contribution in [1.29, 1.82) is 0 Å². The molecule has 0 aromatic heterocycles. The topological polar surface area (TPSA) is 46.6 Å². The smallest absolute Gasteiger partial charge is 0.238 e. The highest BCUT2D eigenvalue weighted by Gasteiger charge is 2.52. The fourth-order valence-corrected chi connectivity index (χ4v) is 4.88. The minimum absolute atomic E-state index is 0.0323. The van der Waals surface area contributed by atoms with Crippen LogP contribution in [0.25, 0.3) is 0 Å². The molecule has 0 saturated carbocycles. The number of carbonyl (C=O) groups is 2. The summed E-state index contributed by atoms with van der Waals surface area (Å²) in [6, 6.07) is 7.18. The molecular formula is C21H25NO3. The van der Waals surface area contributed by atoms with E-state index in [1.807, 2.05) is 0 Å². The lowest BCUT2D eigenvalue weighted by atomic mass is 9.63. The highest BCUT2D eigenvalue weighted by molar-refractivity contribution is 6.22. The van der Waals surface area contributed by atoms with Crippen molar-refractivity contribution in [2.75, 3.05) is 12.0 Å². The fraction of sp³-hybridized carbons (Fsp3) is 0.524. The molecule has 0 spiro atoms. The Morgan fingerprint density at radius 1 is 1.04 bits per heavy atom. The van der Waals surface area contributed by atoms with E-state index >= 15 is 0 Å². The van der Waals surface area contributed by atoms with Crippen LogP contribution in [0.4, 0.5) is 5.69 Å². The Morgan fingerprint density at radius 2 is 1.68 bits per heavy atom. The van der Waals surface area contributed by atoms with Crippen LogP contribution in [0.2, 0.25) is 0 Å². The second kappa shape index (κ2) is 5.72. The van der Waals surface area contributed by atoms with Gasteiger partial charge in [-0.2, -0.15) is 0 Å². The average Bonchev–Trinajstić information content (AvgIpc) is 2.84. The van der Waals surface area contributed by atoms with Crippen LogP contribution in [-0.2, 0) is 9.59 Å². The lowest BCUT2D eigenvalue weighted by Gasteiger charge is -2.40. The van der Waals surface area contributed by atoms with Crippen molar-refractivity contribution in [3.05, 3.63) is 35.4 Å². The van der Waals surface area contributed by atoms with E-state index in [-0.39, 0.29) is 29.1 Å². The molecule has 3 aliphatic rings. The normalized spacial score (nSPS) is 28.0. The molecular weight excluding hydrogens is 314 g/mol. The van der Waals surface area contributed by atoms with Gasteiger partial charge < -0.3 is 4.74 Å². The second-order valence-corrected chi connectivity index (χ2v) is 8.15. The standard InChI is InChI=1S/C21H25NO3/c1-21(2)10-4-5-13-11-16-17(12-18(13)21)20(24)22(19(16)23)14-6-8-15(25-3)9-7-14/h6-9,16-17H,4-5,10-12H2,1-3H3. The Bertz CT molecular complexity index is 760. The van der Waals surface area contributed by atoms with Crippen molar-refractivity contribution in [1.82, 2.24) is 0 Å². The lowest BCUT2D eigenvalue weighted by Crippen LogP contribution is -2.32. The molecule has 1 aromatic carbocycles. The largest absolute Gasteiger partial charge is 0.497 e. The summed E-state index contributed by atoms with van der Waals surface area (Å²) in [6.07, 6.45) is 4.97. The molecule has 2 atom stereocenters. The van der Waals surface area contributed by atoms with Gasteiger partial charge in [0.1, 0.15) is 5.75 Å². The monoisotopic (exact) mass is 339 g/mol. The first kappa shape index (κ1) is 16.4. The van der Waals surface area contributed by atoms with Gasteiger partial charge in [-0.3, -0.25) is 14.5 Å².